The largest absolute Gasteiger partial charge is 0.383 e. The van der Waals surface area contributed by atoms with Crippen molar-refractivity contribution in [2.45, 2.75) is 33.4 Å². The van der Waals surface area contributed by atoms with E-state index in [2.05, 4.69) is 37.1 Å². The molecule has 0 bridgehead atoms. The highest BCUT2D eigenvalue weighted by Crippen LogP contribution is 2.24. The third-order valence-electron chi connectivity index (χ3n) is 5.98. The fourth-order valence-electron chi connectivity index (χ4n) is 4.21. The molecule has 0 aliphatic rings. The first-order valence-electron chi connectivity index (χ1n) is 11.3. The van der Waals surface area contributed by atoms with Crippen LogP contribution in [0.4, 0.5) is 5.82 Å². The number of para-hydroxylation sites is 1. The van der Waals surface area contributed by atoms with Gasteiger partial charge >= 0.3 is 0 Å². The fourth-order valence-corrected chi connectivity index (χ4v) is 4.21. The van der Waals surface area contributed by atoms with Crippen LogP contribution in [-0.2, 0) is 6.54 Å². The highest BCUT2D eigenvalue weighted by atomic mass is 16.3. The third-order valence-corrected chi connectivity index (χ3v) is 5.98. The molecule has 0 aliphatic heterocycles. The molecule has 0 spiro atoms. The normalized spacial score (nSPS) is 11.9. The average Bonchev–Trinajstić information content (AvgIpc) is 3.22. The van der Waals surface area contributed by atoms with Gasteiger partial charge in [0.2, 0.25) is 0 Å². The van der Waals surface area contributed by atoms with Crippen LogP contribution in [0.5, 0.6) is 0 Å². The molecule has 36 heavy (non-hydrogen) atoms. The number of aromatic nitrogens is 6. The molecule has 4 heterocycles. The number of fused-ring (bicyclic) bond motifs is 2. The summed E-state index contributed by atoms with van der Waals surface area (Å²) in [6.07, 6.45) is 3.04. The molecule has 0 radical (unpaired) electrons. The van der Waals surface area contributed by atoms with Gasteiger partial charge in [0, 0.05) is 6.20 Å². The number of hydrogen-bond donors (Lipinski definition) is 1. The summed E-state index contributed by atoms with van der Waals surface area (Å²) in [6, 6.07) is 10.7. The zero-order valence-corrected chi connectivity index (χ0v) is 19.9. The van der Waals surface area contributed by atoms with E-state index in [4.69, 9.17) is 5.73 Å². The number of benzene rings is 1. The van der Waals surface area contributed by atoms with Gasteiger partial charge < -0.3 is 5.73 Å². The van der Waals surface area contributed by atoms with Crippen molar-refractivity contribution in [3.05, 3.63) is 86.7 Å². The van der Waals surface area contributed by atoms with Gasteiger partial charge in [-0.3, -0.25) is 14.3 Å². The second kappa shape index (κ2) is 9.03. The molecule has 0 saturated heterocycles. The van der Waals surface area contributed by atoms with Crippen LogP contribution in [0, 0.1) is 30.6 Å². The minimum absolute atomic E-state index is 0.168. The topological polar surface area (TPSA) is 134 Å². The monoisotopic (exact) mass is 478 g/mol. The van der Waals surface area contributed by atoms with Crippen molar-refractivity contribution in [3.8, 4) is 17.5 Å². The summed E-state index contributed by atoms with van der Waals surface area (Å²) >= 11 is 0. The van der Waals surface area contributed by atoms with Crippen molar-refractivity contribution >= 4 is 27.8 Å². The average molecular weight is 479 g/mol. The standard InChI is InChI=1S/C26H22N8O2/c1-15-6-4-5-7-21(15)34-18(12-20-22(26(34)35)16(2)10-11-28-20)13-33-25-23(24(27)29-14-30-25)19(31-33)9-8-17(3)32-36/h4-7,10-12,14,17H,13H2,1-3H3,(H2,27,29,30)/t17-/m1/s1. The van der Waals surface area contributed by atoms with Crippen molar-refractivity contribution < 1.29 is 0 Å². The maximum absolute atomic E-state index is 13.8. The first-order chi connectivity index (χ1) is 17.4. The van der Waals surface area contributed by atoms with Crippen molar-refractivity contribution in [3.63, 3.8) is 0 Å². The molecular formula is C26H22N8O2. The van der Waals surface area contributed by atoms with E-state index >= 15 is 0 Å². The van der Waals surface area contributed by atoms with Gasteiger partial charge in [-0.15, -0.1) is 4.91 Å². The highest BCUT2D eigenvalue weighted by Gasteiger charge is 2.19. The maximum Gasteiger partial charge on any atom is 0.265 e. The molecule has 2 N–H and O–H groups in total. The Morgan fingerprint density at radius 1 is 1.08 bits per heavy atom. The number of anilines is 1. The lowest BCUT2D eigenvalue weighted by Gasteiger charge is -2.17. The minimum atomic E-state index is -0.711. The van der Waals surface area contributed by atoms with Crippen LogP contribution in [0.25, 0.3) is 27.6 Å². The Balaban J connectivity index is 1.77. The highest BCUT2D eigenvalue weighted by molar-refractivity contribution is 5.90. The Morgan fingerprint density at radius 3 is 2.67 bits per heavy atom. The van der Waals surface area contributed by atoms with E-state index in [0.717, 1.165) is 16.8 Å². The second-order valence-electron chi connectivity index (χ2n) is 8.47. The quantitative estimate of drug-likeness (QED) is 0.309. The van der Waals surface area contributed by atoms with Gasteiger partial charge in [-0.05, 0) is 56.0 Å². The van der Waals surface area contributed by atoms with Gasteiger partial charge in [0.25, 0.3) is 5.56 Å². The van der Waals surface area contributed by atoms with Crippen LogP contribution >= 0.6 is 0 Å². The van der Waals surface area contributed by atoms with Crippen molar-refractivity contribution in [2.24, 2.45) is 5.18 Å². The molecule has 4 aromatic heterocycles. The SMILES string of the molecule is Cc1ccccc1-n1c(Cn2nc(C#C[C@@H](C)N=O)c3c(N)ncnc32)cc2nccc(C)c2c1=O. The van der Waals surface area contributed by atoms with Crippen molar-refractivity contribution in [1.82, 2.24) is 29.3 Å². The fraction of sp³-hybridized carbons (Fsp3) is 0.192. The number of nitrogens with two attached hydrogens (primary N) is 1. The Morgan fingerprint density at radius 2 is 1.89 bits per heavy atom. The molecule has 5 rings (SSSR count). The summed E-state index contributed by atoms with van der Waals surface area (Å²) in [7, 11) is 0. The Bertz CT molecular complexity index is 1770. The zero-order valence-electron chi connectivity index (χ0n) is 19.9. The van der Waals surface area contributed by atoms with E-state index in [1.165, 1.54) is 6.33 Å². The summed E-state index contributed by atoms with van der Waals surface area (Å²) in [5.41, 5.74) is 10.6. The summed E-state index contributed by atoms with van der Waals surface area (Å²) in [5, 5.41) is 8.56. The number of hydrogen-bond acceptors (Lipinski definition) is 8. The second-order valence-corrected chi connectivity index (χ2v) is 8.47. The predicted molar refractivity (Wildman–Crippen MR) is 138 cm³/mol. The molecule has 0 fully saturated rings. The van der Waals surface area contributed by atoms with E-state index in [1.807, 2.05) is 50.2 Å². The van der Waals surface area contributed by atoms with Gasteiger partial charge in [-0.1, -0.05) is 29.3 Å². The van der Waals surface area contributed by atoms with Crippen LogP contribution < -0.4 is 11.3 Å². The van der Waals surface area contributed by atoms with Crippen LogP contribution in [-0.4, -0.2) is 35.3 Å². The molecule has 178 valence electrons. The summed E-state index contributed by atoms with van der Waals surface area (Å²) < 4.78 is 3.32. The first kappa shape index (κ1) is 22.9. The molecule has 0 unspecified atom stereocenters. The molecule has 1 atom stereocenters. The van der Waals surface area contributed by atoms with E-state index in [9.17, 15) is 9.70 Å². The first-order valence-corrected chi connectivity index (χ1v) is 11.3. The zero-order chi connectivity index (χ0) is 25.4. The maximum atomic E-state index is 13.8. The molecular weight excluding hydrogens is 456 g/mol. The van der Waals surface area contributed by atoms with E-state index < -0.39 is 6.04 Å². The number of nitrogen functional groups attached to an aromatic ring is 1. The lowest BCUT2D eigenvalue weighted by Crippen LogP contribution is -2.25. The number of rotatable bonds is 4. The number of aryl methyl sites for hydroxylation is 2. The molecule has 10 nitrogen and oxygen atoms in total. The van der Waals surface area contributed by atoms with E-state index in [-0.39, 0.29) is 17.9 Å². The minimum Gasteiger partial charge on any atom is -0.383 e. The summed E-state index contributed by atoms with van der Waals surface area (Å²) in [4.78, 5) is 37.5. The van der Waals surface area contributed by atoms with Crippen LogP contribution in [0.1, 0.15) is 29.4 Å². The van der Waals surface area contributed by atoms with Gasteiger partial charge in [0.1, 0.15) is 23.9 Å². The van der Waals surface area contributed by atoms with Crippen LogP contribution in [0.15, 0.2) is 58.9 Å². The van der Waals surface area contributed by atoms with Crippen molar-refractivity contribution in [1.29, 1.82) is 0 Å². The molecule has 10 heteroatoms. The smallest absolute Gasteiger partial charge is 0.265 e. The molecule has 0 amide bonds. The number of nitroso groups, excluding NO2 is 1. The third kappa shape index (κ3) is 3.86. The molecule has 5 aromatic rings. The van der Waals surface area contributed by atoms with Gasteiger partial charge in [-0.2, -0.15) is 5.10 Å². The van der Waals surface area contributed by atoms with E-state index in [1.54, 1.807) is 22.4 Å². The van der Waals surface area contributed by atoms with Crippen LogP contribution in [0.3, 0.4) is 0 Å². The summed E-state index contributed by atoms with van der Waals surface area (Å²) in [6.45, 7) is 5.63. The van der Waals surface area contributed by atoms with Gasteiger partial charge in [0.15, 0.2) is 5.65 Å². The molecule has 0 saturated carbocycles. The Hall–Kier alpha value is -4.91. The number of nitrogens with zero attached hydrogens (tertiary/aromatic N) is 7. The lowest BCUT2D eigenvalue weighted by molar-refractivity contribution is 0.667. The predicted octanol–water partition coefficient (Wildman–Crippen LogP) is 3.28. The number of pyridine rings is 2. The van der Waals surface area contributed by atoms with Crippen molar-refractivity contribution in [2.75, 3.05) is 5.73 Å². The lowest BCUT2D eigenvalue weighted by atomic mass is 10.1. The van der Waals surface area contributed by atoms with Gasteiger partial charge in [0.05, 0.1) is 34.2 Å². The molecule has 1 aromatic carbocycles. The van der Waals surface area contributed by atoms with E-state index in [0.29, 0.717) is 33.3 Å². The molecule has 0 aliphatic carbocycles. The van der Waals surface area contributed by atoms with Gasteiger partial charge in [-0.25, -0.2) is 14.6 Å². The Kier molecular flexibility index (Phi) is 5.74. The summed E-state index contributed by atoms with van der Waals surface area (Å²) in [5.74, 6) is 5.84. The Labute approximate surface area is 205 Å². The van der Waals surface area contributed by atoms with Crippen LogP contribution in [0.2, 0.25) is 0 Å².